The van der Waals surface area contributed by atoms with Gasteiger partial charge in [0.1, 0.15) is 12.1 Å². The minimum atomic E-state index is -0.955. The normalized spacial score (nSPS) is 13.7. The van der Waals surface area contributed by atoms with Crippen LogP contribution < -0.4 is 11.0 Å². The summed E-state index contributed by atoms with van der Waals surface area (Å²) in [6.07, 6.45) is 0. The second-order valence-corrected chi connectivity index (χ2v) is 6.12. The van der Waals surface area contributed by atoms with Crippen LogP contribution in [0.2, 0.25) is 0 Å². The van der Waals surface area contributed by atoms with Crippen LogP contribution in [-0.4, -0.2) is 20.6 Å². The van der Waals surface area contributed by atoms with Gasteiger partial charge in [0, 0.05) is 6.54 Å². The number of rotatable bonds is 5. The quantitative estimate of drug-likeness (QED) is 0.915. The SMILES string of the molecule is CCn1c(=O)n(CC(=O)N[C@](C)(C#N)C(C)C)c2ccccc21. The number of hydrogen-bond acceptors (Lipinski definition) is 3. The molecule has 1 aromatic carbocycles. The van der Waals surface area contributed by atoms with Crippen molar-refractivity contribution >= 4 is 16.9 Å². The number of aryl methyl sites for hydroxylation is 1. The number of nitrogens with one attached hydrogen (secondary N) is 1. The second-order valence-electron chi connectivity index (χ2n) is 6.12. The van der Waals surface area contributed by atoms with Crippen molar-refractivity contribution < 1.29 is 4.79 Å². The number of para-hydroxylation sites is 2. The van der Waals surface area contributed by atoms with Gasteiger partial charge in [0.15, 0.2) is 0 Å². The summed E-state index contributed by atoms with van der Waals surface area (Å²) in [7, 11) is 0. The molecule has 0 radical (unpaired) electrons. The summed E-state index contributed by atoms with van der Waals surface area (Å²) in [6.45, 7) is 7.76. The topological polar surface area (TPSA) is 79.8 Å². The van der Waals surface area contributed by atoms with Crippen LogP contribution in [0.1, 0.15) is 27.7 Å². The van der Waals surface area contributed by atoms with E-state index in [0.29, 0.717) is 6.54 Å². The molecule has 0 unspecified atom stereocenters. The average molecular weight is 314 g/mol. The molecule has 0 saturated carbocycles. The van der Waals surface area contributed by atoms with E-state index in [9.17, 15) is 14.9 Å². The minimum Gasteiger partial charge on any atom is -0.336 e. The maximum absolute atomic E-state index is 12.5. The molecular weight excluding hydrogens is 292 g/mol. The van der Waals surface area contributed by atoms with Crippen LogP contribution in [-0.2, 0) is 17.9 Å². The van der Waals surface area contributed by atoms with Crippen molar-refractivity contribution in [1.82, 2.24) is 14.5 Å². The summed E-state index contributed by atoms with van der Waals surface area (Å²) in [5.74, 6) is -0.381. The van der Waals surface area contributed by atoms with Crippen molar-refractivity contribution in [1.29, 1.82) is 5.26 Å². The van der Waals surface area contributed by atoms with E-state index in [2.05, 4.69) is 11.4 Å². The van der Waals surface area contributed by atoms with Gasteiger partial charge in [-0.3, -0.25) is 13.9 Å². The third kappa shape index (κ3) is 3.00. The summed E-state index contributed by atoms with van der Waals surface area (Å²) >= 11 is 0. The van der Waals surface area contributed by atoms with Crippen LogP contribution in [0.25, 0.3) is 11.0 Å². The Labute approximate surface area is 135 Å². The fourth-order valence-electron chi connectivity index (χ4n) is 2.51. The number of nitriles is 1. The summed E-state index contributed by atoms with van der Waals surface area (Å²) in [6, 6.07) is 9.52. The Morgan fingerprint density at radius 1 is 1.30 bits per heavy atom. The van der Waals surface area contributed by atoms with Crippen LogP contribution >= 0.6 is 0 Å². The summed E-state index contributed by atoms with van der Waals surface area (Å²) in [4.78, 5) is 24.9. The first kappa shape index (κ1) is 16.8. The summed E-state index contributed by atoms with van der Waals surface area (Å²) in [5, 5.41) is 12.0. The number of imidazole rings is 1. The lowest BCUT2D eigenvalue weighted by Gasteiger charge is -2.27. The van der Waals surface area contributed by atoms with Crippen molar-refractivity contribution in [3.63, 3.8) is 0 Å². The fraction of sp³-hybridized carbons (Fsp3) is 0.471. The molecule has 122 valence electrons. The fourth-order valence-corrected chi connectivity index (χ4v) is 2.51. The largest absolute Gasteiger partial charge is 0.336 e. The zero-order valence-electron chi connectivity index (χ0n) is 14.0. The predicted molar refractivity (Wildman–Crippen MR) is 88.9 cm³/mol. The van der Waals surface area contributed by atoms with E-state index < -0.39 is 5.54 Å². The number of aromatic nitrogens is 2. The molecule has 2 aromatic rings. The highest BCUT2D eigenvalue weighted by atomic mass is 16.2. The number of nitrogens with zero attached hydrogens (tertiary/aromatic N) is 3. The van der Waals surface area contributed by atoms with E-state index in [-0.39, 0.29) is 24.1 Å². The van der Waals surface area contributed by atoms with Gasteiger partial charge in [-0.1, -0.05) is 26.0 Å². The van der Waals surface area contributed by atoms with Gasteiger partial charge in [0.25, 0.3) is 0 Å². The van der Waals surface area contributed by atoms with Crippen molar-refractivity contribution in [2.75, 3.05) is 0 Å². The third-order valence-electron chi connectivity index (χ3n) is 4.33. The monoisotopic (exact) mass is 314 g/mol. The third-order valence-corrected chi connectivity index (χ3v) is 4.33. The van der Waals surface area contributed by atoms with Crippen LogP contribution in [0, 0.1) is 17.2 Å². The molecule has 1 N–H and O–H groups in total. The highest BCUT2D eigenvalue weighted by Crippen LogP contribution is 2.16. The molecule has 0 bridgehead atoms. The molecular formula is C17H22N4O2. The van der Waals surface area contributed by atoms with Crippen LogP contribution in [0.4, 0.5) is 0 Å². The minimum absolute atomic E-state index is 0.0369. The number of fused-ring (bicyclic) bond motifs is 1. The van der Waals surface area contributed by atoms with Gasteiger partial charge in [-0.15, -0.1) is 0 Å². The molecule has 0 saturated heterocycles. The molecule has 2 rings (SSSR count). The molecule has 0 fully saturated rings. The molecule has 1 heterocycles. The Morgan fingerprint density at radius 3 is 2.35 bits per heavy atom. The number of hydrogen-bond donors (Lipinski definition) is 1. The first-order valence-electron chi connectivity index (χ1n) is 7.74. The van der Waals surface area contributed by atoms with E-state index in [0.717, 1.165) is 11.0 Å². The van der Waals surface area contributed by atoms with Crippen molar-refractivity contribution in [3.8, 4) is 6.07 Å². The van der Waals surface area contributed by atoms with Gasteiger partial charge in [-0.2, -0.15) is 5.26 Å². The lowest BCUT2D eigenvalue weighted by Crippen LogP contribution is -2.50. The Balaban J connectivity index is 2.36. The van der Waals surface area contributed by atoms with Gasteiger partial charge in [-0.25, -0.2) is 4.79 Å². The molecule has 0 spiro atoms. The van der Waals surface area contributed by atoms with E-state index in [1.165, 1.54) is 4.57 Å². The first-order chi connectivity index (χ1) is 10.8. The van der Waals surface area contributed by atoms with Crippen molar-refractivity contribution in [2.24, 2.45) is 5.92 Å². The zero-order valence-corrected chi connectivity index (χ0v) is 14.0. The molecule has 1 atom stereocenters. The van der Waals surface area contributed by atoms with E-state index >= 15 is 0 Å². The van der Waals surface area contributed by atoms with Gasteiger partial charge in [-0.05, 0) is 31.9 Å². The molecule has 1 aromatic heterocycles. The van der Waals surface area contributed by atoms with E-state index in [4.69, 9.17) is 0 Å². The zero-order chi connectivity index (χ0) is 17.2. The predicted octanol–water partition coefficient (Wildman–Crippen LogP) is 1.88. The summed E-state index contributed by atoms with van der Waals surface area (Å²) in [5.41, 5.74) is 0.355. The van der Waals surface area contributed by atoms with Crippen LogP contribution in [0.3, 0.4) is 0 Å². The Hall–Kier alpha value is -2.55. The van der Waals surface area contributed by atoms with Gasteiger partial charge in [0.2, 0.25) is 5.91 Å². The molecule has 0 aliphatic carbocycles. The maximum Gasteiger partial charge on any atom is 0.329 e. The number of carbonyl (C=O) groups excluding carboxylic acids is 1. The molecule has 0 aliphatic rings. The highest BCUT2D eigenvalue weighted by Gasteiger charge is 2.30. The molecule has 6 heteroatoms. The van der Waals surface area contributed by atoms with Crippen LogP contribution in [0.5, 0.6) is 0 Å². The summed E-state index contributed by atoms with van der Waals surface area (Å²) < 4.78 is 3.08. The van der Waals surface area contributed by atoms with E-state index in [1.807, 2.05) is 45.0 Å². The van der Waals surface area contributed by atoms with Gasteiger partial charge in [0.05, 0.1) is 17.1 Å². The van der Waals surface area contributed by atoms with Gasteiger partial charge < -0.3 is 5.32 Å². The molecule has 6 nitrogen and oxygen atoms in total. The standard InChI is InChI=1S/C17H22N4O2/c1-5-20-13-8-6-7-9-14(13)21(16(20)23)10-15(22)19-17(4,11-18)12(2)3/h6-9,12H,5,10H2,1-4H3,(H,19,22)/t17-/m1/s1. The van der Waals surface area contributed by atoms with Gasteiger partial charge >= 0.3 is 5.69 Å². The lowest BCUT2D eigenvalue weighted by molar-refractivity contribution is -0.123. The smallest absolute Gasteiger partial charge is 0.329 e. The Kier molecular flexibility index (Phi) is 4.60. The Bertz CT molecular complexity index is 825. The number of benzene rings is 1. The van der Waals surface area contributed by atoms with E-state index in [1.54, 1.807) is 11.5 Å². The average Bonchev–Trinajstić information content (AvgIpc) is 2.79. The highest BCUT2D eigenvalue weighted by molar-refractivity contribution is 5.81. The molecule has 1 amide bonds. The molecule has 0 aliphatic heterocycles. The number of amides is 1. The van der Waals surface area contributed by atoms with Crippen molar-refractivity contribution in [3.05, 3.63) is 34.7 Å². The first-order valence-corrected chi connectivity index (χ1v) is 7.74. The van der Waals surface area contributed by atoms with Crippen LogP contribution in [0.15, 0.2) is 29.1 Å². The maximum atomic E-state index is 12.5. The van der Waals surface area contributed by atoms with Crippen molar-refractivity contribution in [2.45, 2.75) is 46.3 Å². The lowest BCUT2D eigenvalue weighted by atomic mass is 9.90. The molecule has 23 heavy (non-hydrogen) atoms. The Morgan fingerprint density at radius 2 is 1.87 bits per heavy atom. The number of carbonyl (C=O) groups is 1. The second kappa shape index (κ2) is 6.29.